The first-order chi connectivity index (χ1) is 19.8. The molecule has 1 unspecified atom stereocenters. The van der Waals surface area contributed by atoms with Crippen molar-refractivity contribution < 1.29 is 27.1 Å². The molecule has 2 aromatic carbocycles. The molecule has 1 N–H and O–H groups in total. The summed E-state index contributed by atoms with van der Waals surface area (Å²) in [6.07, 6.45) is 3.04. The lowest BCUT2D eigenvalue weighted by Crippen LogP contribution is -2.45. The molecule has 0 bridgehead atoms. The van der Waals surface area contributed by atoms with E-state index < -0.39 is 27.8 Å². The molecule has 0 radical (unpaired) electrons. The minimum Gasteiger partial charge on any atom is -0.454 e. The van der Waals surface area contributed by atoms with E-state index in [1.54, 1.807) is 0 Å². The Morgan fingerprint density at radius 2 is 1.76 bits per heavy atom. The number of halogens is 1. The van der Waals surface area contributed by atoms with Crippen molar-refractivity contribution in [2.45, 2.75) is 50.1 Å². The molecule has 2 fully saturated rings. The van der Waals surface area contributed by atoms with E-state index in [4.69, 9.17) is 19.4 Å². The lowest BCUT2D eigenvalue weighted by molar-refractivity contribution is -0.124. The first-order valence-corrected chi connectivity index (χ1v) is 15.3. The van der Waals surface area contributed by atoms with Crippen LogP contribution in [0.25, 0.3) is 11.3 Å². The van der Waals surface area contributed by atoms with Crippen molar-refractivity contribution in [3.8, 4) is 22.8 Å². The van der Waals surface area contributed by atoms with Crippen LogP contribution < -0.4 is 19.7 Å². The highest BCUT2D eigenvalue weighted by Gasteiger charge is 2.39. The highest BCUT2D eigenvalue weighted by Crippen LogP contribution is 2.36. The van der Waals surface area contributed by atoms with Crippen molar-refractivity contribution in [3.05, 3.63) is 60.0 Å². The Morgan fingerprint density at radius 3 is 2.54 bits per heavy atom. The highest BCUT2D eigenvalue weighted by atomic mass is 32.2. The molecular weight excluding hydrogens is 549 g/mol. The summed E-state index contributed by atoms with van der Waals surface area (Å²) in [5, 5.41) is 2.90. The molecule has 216 valence electrons. The third-order valence-corrected chi connectivity index (χ3v) is 9.79. The van der Waals surface area contributed by atoms with Crippen LogP contribution in [0.2, 0.25) is 0 Å². The second-order valence-corrected chi connectivity index (χ2v) is 12.6. The summed E-state index contributed by atoms with van der Waals surface area (Å²) in [5.41, 5.74) is 2.14. The number of piperidine rings is 1. The smallest absolute Gasteiger partial charge is 0.243 e. The van der Waals surface area contributed by atoms with Gasteiger partial charge in [0, 0.05) is 25.2 Å². The fraction of sp³-hybridized carbons (Fsp3) is 0.414. The Labute approximate surface area is 238 Å². The average molecular weight is 582 g/mol. The van der Waals surface area contributed by atoms with Crippen LogP contribution in [-0.2, 0) is 21.4 Å². The predicted octanol–water partition coefficient (Wildman–Crippen LogP) is 3.72. The van der Waals surface area contributed by atoms with Gasteiger partial charge in [0.15, 0.2) is 11.5 Å². The number of hydrogen-bond donors (Lipinski definition) is 1. The van der Waals surface area contributed by atoms with Gasteiger partial charge in [0.2, 0.25) is 28.7 Å². The van der Waals surface area contributed by atoms with Crippen molar-refractivity contribution >= 4 is 21.9 Å². The number of nitrogens with one attached hydrogen (secondary N) is 1. The van der Waals surface area contributed by atoms with Gasteiger partial charge in [-0.15, -0.1) is 0 Å². The summed E-state index contributed by atoms with van der Waals surface area (Å²) in [7, 11) is -3.95. The van der Waals surface area contributed by atoms with Gasteiger partial charge < -0.3 is 19.7 Å². The van der Waals surface area contributed by atoms with Crippen LogP contribution in [0.3, 0.4) is 0 Å². The van der Waals surface area contributed by atoms with E-state index in [0.29, 0.717) is 47.6 Å². The summed E-state index contributed by atoms with van der Waals surface area (Å²) in [6.45, 7) is 4.43. The van der Waals surface area contributed by atoms with Crippen molar-refractivity contribution in [2.24, 2.45) is 5.92 Å². The summed E-state index contributed by atoms with van der Waals surface area (Å²) in [5.74, 6) is 1.64. The minimum absolute atomic E-state index is 0.0386. The number of amides is 1. The lowest BCUT2D eigenvalue weighted by atomic mass is 9.99. The van der Waals surface area contributed by atoms with Gasteiger partial charge in [0.25, 0.3) is 0 Å². The fourth-order valence-corrected chi connectivity index (χ4v) is 7.11. The standard InChI is InChI=1S/C29H32FN5O5S/c1-19-10-13-34(14-11-19)29-32-22(16-24(33-29)20-4-9-26-27(15-20)40-18-39-26)17-31-28(36)25-3-2-12-35(25)41(37,38)23-7-5-21(30)6-8-23/h4-9,15-16,19,25H,2-3,10-14,17-18H2,1H3,(H,31,36). The van der Waals surface area contributed by atoms with Gasteiger partial charge >= 0.3 is 0 Å². The van der Waals surface area contributed by atoms with Crippen molar-refractivity contribution in [2.75, 3.05) is 31.3 Å². The molecule has 0 saturated carbocycles. The third-order valence-electron chi connectivity index (χ3n) is 7.87. The Morgan fingerprint density at radius 1 is 1.00 bits per heavy atom. The summed E-state index contributed by atoms with van der Waals surface area (Å²) in [6, 6.07) is 11.3. The maximum Gasteiger partial charge on any atom is 0.243 e. The molecule has 1 atom stereocenters. The number of rotatable bonds is 7. The topological polar surface area (TPSA) is 114 Å². The predicted molar refractivity (Wildman–Crippen MR) is 149 cm³/mol. The molecule has 0 spiro atoms. The summed E-state index contributed by atoms with van der Waals surface area (Å²) >= 11 is 0. The van der Waals surface area contributed by atoms with Crippen LogP contribution in [0.4, 0.5) is 10.3 Å². The molecule has 1 aromatic heterocycles. The number of aromatic nitrogens is 2. The van der Waals surface area contributed by atoms with E-state index in [9.17, 15) is 17.6 Å². The number of benzene rings is 2. The van der Waals surface area contributed by atoms with Crippen molar-refractivity contribution in [1.29, 1.82) is 0 Å². The first-order valence-electron chi connectivity index (χ1n) is 13.9. The van der Waals surface area contributed by atoms with Gasteiger partial charge in [0.05, 0.1) is 22.8 Å². The van der Waals surface area contributed by atoms with Crippen molar-refractivity contribution in [3.63, 3.8) is 0 Å². The molecule has 3 aromatic rings. The average Bonchev–Trinajstić information content (AvgIpc) is 3.67. The normalized spacial score (nSPS) is 19.5. The van der Waals surface area contributed by atoms with Crippen LogP contribution in [0.15, 0.2) is 53.4 Å². The van der Waals surface area contributed by atoms with Crippen LogP contribution in [0.5, 0.6) is 11.5 Å². The second-order valence-electron chi connectivity index (χ2n) is 10.7. The summed E-state index contributed by atoms with van der Waals surface area (Å²) in [4.78, 5) is 25.1. The van der Waals surface area contributed by atoms with Gasteiger partial charge in [-0.3, -0.25) is 4.79 Å². The van der Waals surface area contributed by atoms with E-state index in [1.165, 1.54) is 16.4 Å². The Balaban J connectivity index is 1.23. The number of hydrogen-bond acceptors (Lipinski definition) is 8. The number of nitrogens with zero attached hydrogens (tertiary/aromatic N) is 4. The number of carbonyl (C=O) groups is 1. The maximum atomic E-state index is 13.4. The minimum atomic E-state index is -3.95. The maximum absolute atomic E-state index is 13.4. The zero-order valence-corrected chi connectivity index (χ0v) is 23.6. The monoisotopic (exact) mass is 581 g/mol. The van der Waals surface area contributed by atoms with E-state index in [1.807, 2.05) is 24.3 Å². The van der Waals surface area contributed by atoms with Gasteiger partial charge in [-0.2, -0.15) is 4.31 Å². The molecule has 0 aliphatic carbocycles. The number of fused-ring (bicyclic) bond motifs is 1. The Bertz CT molecular complexity index is 1540. The molecule has 2 saturated heterocycles. The molecule has 4 heterocycles. The molecule has 3 aliphatic heterocycles. The van der Waals surface area contributed by atoms with Gasteiger partial charge in [-0.05, 0) is 80.1 Å². The Hall–Kier alpha value is -3.77. The van der Waals surface area contributed by atoms with E-state index >= 15 is 0 Å². The number of sulfonamides is 1. The van der Waals surface area contributed by atoms with Crippen molar-refractivity contribution in [1.82, 2.24) is 19.6 Å². The van der Waals surface area contributed by atoms with Gasteiger partial charge in [-0.25, -0.2) is 22.8 Å². The third kappa shape index (κ3) is 5.71. The highest BCUT2D eigenvalue weighted by molar-refractivity contribution is 7.89. The molecule has 12 heteroatoms. The number of carbonyl (C=O) groups excluding carboxylic acids is 1. The quantitative estimate of drug-likeness (QED) is 0.449. The molecule has 41 heavy (non-hydrogen) atoms. The van der Waals surface area contributed by atoms with Crippen LogP contribution in [0, 0.1) is 11.7 Å². The fourth-order valence-electron chi connectivity index (χ4n) is 5.46. The van der Waals surface area contributed by atoms with Crippen LogP contribution in [0.1, 0.15) is 38.3 Å². The van der Waals surface area contributed by atoms with E-state index in [0.717, 1.165) is 43.6 Å². The SMILES string of the molecule is CC1CCN(c2nc(CNC(=O)C3CCCN3S(=O)(=O)c3ccc(F)cc3)cc(-c3ccc4c(c3)OCO4)n2)CC1. The first kappa shape index (κ1) is 27.4. The zero-order valence-electron chi connectivity index (χ0n) is 22.8. The molecular formula is C29H32FN5O5S. The Kier molecular flexibility index (Phi) is 7.52. The largest absolute Gasteiger partial charge is 0.454 e. The van der Waals surface area contributed by atoms with E-state index in [-0.39, 0.29) is 24.8 Å². The lowest BCUT2D eigenvalue weighted by Gasteiger charge is -2.30. The molecule has 3 aliphatic rings. The molecule has 1 amide bonds. The number of ether oxygens (including phenoxy) is 2. The number of anilines is 1. The van der Waals surface area contributed by atoms with E-state index in [2.05, 4.69) is 17.1 Å². The molecule has 10 nitrogen and oxygen atoms in total. The van der Waals surface area contributed by atoms with Gasteiger partial charge in [-0.1, -0.05) is 6.92 Å². The van der Waals surface area contributed by atoms with Crippen LogP contribution >= 0.6 is 0 Å². The summed E-state index contributed by atoms with van der Waals surface area (Å²) < 4.78 is 52.1. The second kappa shape index (κ2) is 11.2. The molecule has 6 rings (SSSR count). The van der Waals surface area contributed by atoms with Gasteiger partial charge in [0.1, 0.15) is 11.9 Å². The van der Waals surface area contributed by atoms with Crippen LogP contribution in [-0.4, -0.2) is 61.1 Å². The zero-order chi connectivity index (χ0) is 28.6.